The lowest BCUT2D eigenvalue weighted by atomic mass is 9.83. The number of nitrogens with zero attached hydrogens (tertiary/aromatic N) is 2. The molecular weight excluding hydrogens is 428 g/mol. The summed E-state index contributed by atoms with van der Waals surface area (Å²) in [6.45, 7) is 11.7. The van der Waals surface area contributed by atoms with Gasteiger partial charge in [0.25, 0.3) is 0 Å². The number of pyridine rings is 2. The molecule has 0 aliphatic carbocycles. The molecule has 2 atom stereocenters. The molecule has 0 radical (unpaired) electrons. The number of aliphatic hydroxyl groups is 2. The van der Waals surface area contributed by atoms with Gasteiger partial charge in [-0.1, -0.05) is 65.8 Å². The SMILES string of the molecule is COC(c1ccc(O)cc1)(c1cccc([C@@H](O)C(C)(C)C)n1)c1cccc([C@@H](O)C(C)(C)C)n1. The Bertz CT molecular complexity index is 1050. The van der Waals surface area contributed by atoms with Crippen molar-refractivity contribution >= 4 is 0 Å². The van der Waals surface area contributed by atoms with E-state index in [1.54, 1.807) is 43.5 Å². The van der Waals surface area contributed by atoms with Gasteiger partial charge in [0.2, 0.25) is 0 Å². The Hall–Kier alpha value is -2.80. The van der Waals surface area contributed by atoms with E-state index in [2.05, 4.69) is 0 Å². The molecule has 0 fully saturated rings. The molecule has 0 saturated heterocycles. The zero-order chi connectivity index (χ0) is 25.3. The Morgan fingerprint density at radius 2 is 1.09 bits per heavy atom. The molecule has 1 aromatic carbocycles. The predicted octanol–water partition coefficient (Wildman–Crippen LogP) is 5.28. The summed E-state index contributed by atoms with van der Waals surface area (Å²) in [5.41, 5.74) is 0.774. The molecule has 0 aliphatic heterocycles. The number of rotatable bonds is 6. The maximum Gasteiger partial charge on any atom is 0.176 e. The molecule has 0 amide bonds. The lowest BCUT2D eigenvalue weighted by Gasteiger charge is -2.34. The molecule has 2 aromatic heterocycles. The Kier molecular flexibility index (Phi) is 7.18. The number of aromatic nitrogens is 2. The highest BCUT2D eigenvalue weighted by Gasteiger charge is 2.41. The van der Waals surface area contributed by atoms with Gasteiger partial charge in [-0.2, -0.15) is 0 Å². The van der Waals surface area contributed by atoms with Gasteiger partial charge in [-0.15, -0.1) is 0 Å². The lowest BCUT2D eigenvalue weighted by Crippen LogP contribution is -2.35. The third kappa shape index (κ3) is 4.99. The molecule has 0 aliphatic rings. The number of ether oxygens (including phenoxy) is 1. The number of hydrogen-bond donors (Lipinski definition) is 3. The van der Waals surface area contributed by atoms with Gasteiger partial charge in [-0.05, 0) is 52.8 Å². The molecule has 34 heavy (non-hydrogen) atoms. The van der Waals surface area contributed by atoms with Crippen molar-refractivity contribution in [1.82, 2.24) is 9.97 Å². The molecule has 6 nitrogen and oxygen atoms in total. The predicted molar refractivity (Wildman–Crippen MR) is 132 cm³/mol. The number of phenols is 1. The quantitative estimate of drug-likeness (QED) is 0.459. The number of phenolic OH excluding ortho intramolecular Hbond substituents is 1. The Labute approximate surface area is 202 Å². The molecule has 0 spiro atoms. The van der Waals surface area contributed by atoms with Crippen LogP contribution >= 0.6 is 0 Å². The molecule has 0 saturated carbocycles. The first kappa shape index (κ1) is 25.8. The van der Waals surface area contributed by atoms with Crippen molar-refractivity contribution in [1.29, 1.82) is 0 Å². The second-order valence-electron chi connectivity index (χ2n) is 10.9. The van der Waals surface area contributed by atoms with Crippen LogP contribution in [0, 0.1) is 10.8 Å². The summed E-state index contributed by atoms with van der Waals surface area (Å²) in [5.74, 6) is 0.128. The summed E-state index contributed by atoms with van der Waals surface area (Å²) >= 11 is 0. The summed E-state index contributed by atoms with van der Waals surface area (Å²) in [6.07, 6.45) is -1.58. The first-order valence-corrected chi connectivity index (χ1v) is 11.5. The minimum absolute atomic E-state index is 0.128. The summed E-state index contributed by atoms with van der Waals surface area (Å²) in [7, 11) is 1.58. The molecule has 3 N–H and O–H groups in total. The number of benzene rings is 1. The van der Waals surface area contributed by atoms with Gasteiger partial charge in [0.15, 0.2) is 5.60 Å². The van der Waals surface area contributed by atoms with Crippen molar-refractivity contribution in [2.45, 2.75) is 59.4 Å². The second-order valence-corrected chi connectivity index (χ2v) is 10.9. The molecule has 0 unspecified atom stereocenters. The van der Waals surface area contributed by atoms with Gasteiger partial charge >= 0.3 is 0 Å². The fourth-order valence-corrected chi connectivity index (χ4v) is 3.94. The van der Waals surface area contributed by atoms with Crippen LogP contribution in [0.2, 0.25) is 0 Å². The van der Waals surface area contributed by atoms with Gasteiger partial charge in [-0.25, -0.2) is 0 Å². The van der Waals surface area contributed by atoms with E-state index in [0.29, 0.717) is 28.3 Å². The van der Waals surface area contributed by atoms with Crippen LogP contribution < -0.4 is 0 Å². The average molecular weight is 465 g/mol. The van der Waals surface area contributed by atoms with Crippen LogP contribution in [-0.4, -0.2) is 32.4 Å². The molecule has 2 heterocycles. The second kappa shape index (κ2) is 9.45. The number of methoxy groups -OCH3 is 1. The summed E-state index contributed by atoms with van der Waals surface area (Å²) in [4.78, 5) is 9.68. The van der Waals surface area contributed by atoms with Crippen LogP contribution in [-0.2, 0) is 10.3 Å². The van der Waals surface area contributed by atoms with Crippen molar-refractivity contribution in [2.24, 2.45) is 10.8 Å². The fraction of sp³-hybridized carbons (Fsp3) is 0.429. The maximum absolute atomic E-state index is 10.9. The molecular formula is C28H36N2O4. The van der Waals surface area contributed by atoms with Gasteiger partial charge in [-0.3, -0.25) is 9.97 Å². The monoisotopic (exact) mass is 464 g/mol. The Balaban J connectivity index is 2.29. The Morgan fingerprint density at radius 3 is 1.44 bits per heavy atom. The maximum atomic E-state index is 10.9. The van der Waals surface area contributed by atoms with E-state index >= 15 is 0 Å². The van der Waals surface area contributed by atoms with E-state index < -0.39 is 28.6 Å². The highest BCUT2D eigenvalue weighted by Crippen LogP contribution is 2.41. The van der Waals surface area contributed by atoms with E-state index in [1.807, 2.05) is 65.8 Å². The number of aliphatic hydroxyl groups excluding tert-OH is 2. The zero-order valence-corrected chi connectivity index (χ0v) is 21.1. The van der Waals surface area contributed by atoms with Crippen LogP contribution in [0.1, 0.15) is 82.1 Å². The van der Waals surface area contributed by atoms with Crippen LogP contribution in [0.25, 0.3) is 0 Å². The van der Waals surface area contributed by atoms with Crippen molar-refractivity contribution < 1.29 is 20.1 Å². The third-order valence-corrected chi connectivity index (χ3v) is 6.04. The highest BCUT2D eigenvalue weighted by molar-refractivity contribution is 5.45. The van der Waals surface area contributed by atoms with Crippen molar-refractivity contribution in [2.75, 3.05) is 7.11 Å². The third-order valence-electron chi connectivity index (χ3n) is 6.04. The van der Waals surface area contributed by atoms with Crippen LogP contribution in [0.3, 0.4) is 0 Å². The standard InChI is InChI=1S/C28H36N2O4/c1-26(2,3)24(32)20-10-8-12-22(29-20)28(34-7,18-14-16-19(31)17-15-18)23-13-9-11-21(30-23)25(33)27(4,5)6/h8-17,24-25,31-33H,1-7H3/t24-,25-/m1/s1. The van der Waals surface area contributed by atoms with Crippen LogP contribution in [0.15, 0.2) is 60.7 Å². The summed E-state index contributed by atoms with van der Waals surface area (Å²) < 4.78 is 6.21. The van der Waals surface area contributed by atoms with E-state index in [9.17, 15) is 15.3 Å². The van der Waals surface area contributed by atoms with Gasteiger partial charge in [0.05, 0.1) is 22.8 Å². The minimum atomic E-state index is -1.24. The molecule has 182 valence electrons. The van der Waals surface area contributed by atoms with E-state index in [4.69, 9.17) is 14.7 Å². The largest absolute Gasteiger partial charge is 0.508 e. The molecule has 3 aromatic rings. The molecule has 6 heteroatoms. The first-order valence-electron chi connectivity index (χ1n) is 11.5. The van der Waals surface area contributed by atoms with Crippen LogP contribution in [0.5, 0.6) is 5.75 Å². The highest BCUT2D eigenvalue weighted by atomic mass is 16.5. The normalized spacial score (nSPS) is 14.6. The number of hydrogen-bond acceptors (Lipinski definition) is 6. The van der Waals surface area contributed by atoms with Gasteiger partial charge in [0, 0.05) is 7.11 Å². The van der Waals surface area contributed by atoms with Crippen molar-refractivity contribution in [3.8, 4) is 5.75 Å². The topological polar surface area (TPSA) is 95.7 Å². The van der Waals surface area contributed by atoms with E-state index in [0.717, 1.165) is 0 Å². The fourth-order valence-electron chi connectivity index (χ4n) is 3.94. The Morgan fingerprint density at radius 1 is 0.676 bits per heavy atom. The van der Waals surface area contributed by atoms with Crippen molar-refractivity contribution in [3.63, 3.8) is 0 Å². The van der Waals surface area contributed by atoms with Gasteiger partial charge in [0.1, 0.15) is 18.0 Å². The summed E-state index contributed by atoms with van der Waals surface area (Å²) in [5, 5.41) is 31.7. The lowest BCUT2D eigenvalue weighted by molar-refractivity contribution is 0.0411. The van der Waals surface area contributed by atoms with E-state index in [1.165, 1.54) is 0 Å². The molecule has 3 rings (SSSR count). The van der Waals surface area contributed by atoms with E-state index in [-0.39, 0.29) is 5.75 Å². The average Bonchev–Trinajstić information content (AvgIpc) is 2.79. The minimum Gasteiger partial charge on any atom is -0.508 e. The van der Waals surface area contributed by atoms with Gasteiger partial charge < -0.3 is 20.1 Å². The zero-order valence-electron chi connectivity index (χ0n) is 21.1. The first-order chi connectivity index (χ1) is 15.8. The van der Waals surface area contributed by atoms with Crippen LogP contribution in [0.4, 0.5) is 0 Å². The van der Waals surface area contributed by atoms with Crippen molar-refractivity contribution in [3.05, 3.63) is 89.0 Å². The molecule has 0 bridgehead atoms. The number of aromatic hydroxyl groups is 1. The summed E-state index contributed by atoms with van der Waals surface area (Å²) in [6, 6.07) is 17.7. The smallest absolute Gasteiger partial charge is 0.176 e.